The summed E-state index contributed by atoms with van der Waals surface area (Å²) in [5, 5.41) is 3.64. The summed E-state index contributed by atoms with van der Waals surface area (Å²) in [6.07, 6.45) is 3.33. The summed E-state index contributed by atoms with van der Waals surface area (Å²) in [6.45, 7) is 0. The number of aliphatic imine (C=N–C) groups is 1. The molecule has 0 radical (unpaired) electrons. The average molecular weight is 293 g/mol. The summed E-state index contributed by atoms with van der Waals surface area (Å²) in [7, 11) is 0. The van der Waals surface area contributed by atoms with Crippen molar-refractivity contribution in [3.8, 4) is 0 Å². The molecule has 0 aliphatic carbocycles. The Balaban J connectivity index is 0.00000180. The van der Waals surface area contributed by atoms with Crippen LogP contribution in [0.3, 0.4) is 0 Å². The van der Waals surface area contributed by atoms with Crippen LogP contribution in [0.25, 0.3) is 0 Å². The Morgan fingerprint density at radius 3 is 2.16 bits per heavy atom. The van der Waals surface area contributed by atoms with Crippen LogP contribution < -0.4 is 5.32 Å². The predicted molar refractivity (Wildman–Crippen MR) is 85.8 cm³/mol. The lowest BCUT2D eigenvalue weighted by Crippen LogP contribution is -1.88. The average Bonchev–Trinajstić information content (AvgIpc) is 2.45. The molecule has 2 nitrogen and oxygen atoms in total. The van der Waals surface area contributed by atoms with E-state index in [2.05, 4.69) is 10.3 Å². The van der Waals surface area contributed by atoms with Crippen molar-refractivity contribution in [3.63, 3.8) is 0 Å². The summed E-state index contributed by atoms with van der Waals surface area (Å²) in [6, 6.07) is 19.5. The predicted octanol–water partition coefficient (Wildman–Crippen LogP) is 5.00. The second-order valence-corrected chi connectivity index (χ2v) is 4.07. The zero-order valence-corrected chi connectivity index (χ0v) is 11.7. The van der Waals surface area contributed by atoms with E-state index in [4.69, 9.17) is 11.6 Å². The van der Waals surface area contributed by atoms with E-state index in [9.17, 15) is 0 Å². The lowest BCUT2D eigenvalue weighted by atomic mass is 10.3. The van der Waals surface area contributed by atoms with E-state index in [0.717, 1.165) is 11.4 Å². The van der Waals surface area contributed by atoms with Gasteiger partial charge in [0.1, 0.15) is 0 Å². The number of halogens is 2. The highest BCUT2D eigenvalue weighted by molar-refractivity contribution is 6.39. The van der Waals surface area contributed by atoms with Crippen molar-refractivity contribution < 1.29 is 0 Å². The van der Waals surface area contributed by atoms with E-state index < -0.39 is 0 Å². The van der Waals surface area contributed by atoms with Gasteiger partial charge in [0.15, 0.2) is 0 Å². The van der Waals surface area contributed by atoms with Crippen molar-refractivity contribution >= 4 is 41.6 Å². The van der Waals surface area contributed by atoms with Gasteiger partial charge in [0.25, 0.3) is 0 Å². The van der Waals surface area contributed by atoms with Gasteiger partial charge in [-0.2, -0.15) is 0 Å². The number of nitrogens with zero attached hydrogens (tertiary/aromatic N) is 1. The van der Waals surface area contributed by atoms with Gasteiger partial charge < -0.3 is 5.32 Å². The van der Waals surface area contributed by atoms with Crippen LogP contribution in [0.4, 0.5) is 11.4 Å². The molecule has 2 rings (SSSR count). The number of rotatable bonds is 4. The summed E-state index contributed by atoms with van der Waals surface area (Å²) in [4.78, 5) is 4.25. The second-order valence-electron chi connectivity index (χ2n) is 3.63. The van der Waals surface area contributed by atoms with E-state index in [-0.39, 0.29) is 12.4 Å². The molecule has 0 aromatic heterocycles. The maximum atomic E-state index is 6.03. The van der Waals surface area contributed by atoms with Crippen LogP contribution in [0.1, 0.15) is 0 Å². The van der Waals surface area contributed by atoms with Gasteiger partial charge in [-0.25, -0.2) is 0 Å². The van der Waals surface area contributed by atoms with Crippen molar-refractivity contribution in [2.45, 2.75) is 0 Å². The number of allylic oxidation sites excluding steroid dienone is 1. The van der Waals surface area contributed by atoms with E-state index in [1.165, 1.54) is 0 Å². The number of anilines is 1. The Morgan fingerprint density at radius 1 is 0.947 bits per heavy atom. The highest BCUT2D eigenvalue weighted by atomic mass is 35.5. The number of hydrogen-bond acceptors (Lipinski definition) is 2. The van der Waals surface area contributed by atoms with Crippen LogP contribution in [0, 0.1) is 0 Å². The minimum atomic E-state index is 0. The van der Waals surface area contributed by atoms with Gasteiger partial charge in [-0.3, -0.25) is 4.99 Å². The monoisotopic (exact) mass is 292 g/mol. The smallest absolute Gasteiger partial charge is 0.0748 e. The van der Waals surface area contributed by atoms with Crippen molar-refractivity contribution in [1.82, 2.24) is 0 Å². The molecule has 19 heavy (non-hydrogen) atoms. The van der Waals surface area contributed by atoms with Crippen LogP contribution in [-0.4, -0.2) is 6.21 Å². The quantitative estimate of drug-likeness (QED) is 0.788. The molecule has 0 saturated heterocycles. The first-order valence-electron chi connectivity index (χ1n) is 5.61. The molecule has 0 spiro atoms. The summed E-state index contributed by atoms with van der Waals surface area (Å²) in [5.41, 5.74) is 1.87. The molecule has 0 fully saturated rings. The summed E-state index contributed by atoms with van der Waals surface area (Å²) < 4.78 is 0. The fourth-order valence-electron chi connectivity index (χ4n) is 1.37. The molecule has 0 heterocycles. The van der Waals surface area contributed by atoms with Gasteiger partial charge in [0, 0.05) is 18.1 Å². The maximum absolute atomic E-state index is 6.03. The molecule has 0 amide bonds. The third-order valence-electron chi connectivity index (χ3n) is 2.24. The van der Waals surface area contributed by atoms with Gasteiger partial charge in [0.05, 0.1) is 10.7 Å². The maximum Gasteiger partial charge on any atom is 0.0748 e. The van der Waals surface area contributed by atoms with Crippen LogP contribution in [0.2, 0.25) is 0 Å². The Labute approximate surface area is 124 Å². The Kier molecular flexibility index (Phi) is 6.72. The van der Waals surface area contributed by atoms with E-state index in [1.54, 1.807) is 12.4 Å². The van der Waals surface area contributed by atoms with Crippen molar-refractivity contribution in [1.29, 1.82) is 0 Å². The highest BCUT2D eigenvalue weighted by Crippen LogP contribution is 2.11. The van der Waals surface area contributed by atoms with Gasteiger partial charge >= 0.3 is 0 Å². The number of hydrogen-bond donors (Lipinski definition) is 1. The van der Waals surface area contributed by atoms with Crippen molar-refractivity contribution in [2.75, 3.05) is 5.32 Å². The Bertz CT molecular complexity index is 537. The molecule has 0 aliphatic heterocycles. The Hall–Kier alpha value is -1.77. The first-order chi connectivity index (χ1) is 8.84. The fraction of sp³-hybridized carbons (Fsp3) is 0. The highest BCUT2D eigenvalue weighted by Gasteiger charge is 1.89. The molecule has 4 heteroatoms. The minimum absolute atomic E-state index is 0. The van der Waals surface area contributed by atoms with Crippen molar-refractivity contribution in [2.24, 2.45) is 4.99 Å². The van der Waals surface area contributed by atoms with Gasteiger partial charge in [-0.05, 0) is 24.3 Å². The first-order valence-corrected chi connectivity index (χ1v) is 5.99. The molecule has 0 atom stereocenters. The van der Waals surface area contributed by atoms with Gasteiger partial charge in [-0.15, -0.1) is 12.4 Å². The van der Waals surface area contributed by atoms with E-state index >= 15 is 0 Å². The fourth-order valence-corrected chi connectivity index (χ4v) is 1.48. The van der Waals surface area contributed by atoms with Gasteiger partial charge in [0.2, 0.25) is 0 Å². The van der Waals surface area contributed by atoms with Crippen molar-refractivity contribution in [3.05, 3.63) is 71.9 Å². The molecule has 98 valence electrons. The molecule has 2 aromatic rings. The molecular formula is C15H14Cl2N2. The van der Waals surface area contributed by atoms with Crippen LogP contribution in [-0.2, 0) is 0 Å². The molecule has 2 aromatic carbocycles. The number of para-hydroxylation sites is 2. The zero-order chi connectivity index (χ0) is 12.6. The second kappa shape index (κ2) is 8.35. The molecule has 0 saturated carbocycles. The standard InChI is InChI=1S/C15H13ClN2.ClH/c16-13(11-17-14-7-3-1-4-8-14)12-18-15-9-5-2-6-10-15;/h1-12,17H;1H/b13-11-,18-12?;. The number of benzene rings is 2. The molecule has 0 aliphatic rings. The lowest BCUT2D eigenvalue weighted by molar-refractivity contribution is 1.53. The van der Waals surface area contributed by atoms with Crippen LogP contribution >= 0.6 is 24.0 Å². The van der Waals surface area contributed by atoms with Crippen LogP contribution in [0.15, 0.2) is 76.9 Å². The molecule has 1 N–H and O–H groups in total. The topological polar surface area (TPSA) is 24.4 Å². The molecular weight excluding hydrogens is 279 g/mol. The van der Waals surface area contributed by atoms with Gasteiger partial charge in [-0.1, -0.05) is 48.0 Å². The third kappa shape index (κ3) is 5.60. The largest absolute Gasteiger partial charge is 0.360 e. The third-order valence-corrected chi connectivity index (χ3v) is 2.45. The zero-order valence-electron chi connectivity index (χ0n) is 10.2. The SMILES string of the molecule is Cl.Cl/C(C=Nc1ccccc1)=C\Nc1ccccc1. The van der Waals surface area contributed by atoms with E-state index in [1.807, 2.05) is 60.7 Å². The minimum Gasteiger partial charge on any atom is -0.360 e. The molecule has 0 bridgehead atoms. The number of nitrogens with one attached hydrogen (secondary N) is 1. The summed E-state index contributed by atoms with van der Waals surface area (Å²) >= 11 is 6.03. The van der Waals surface area contributed by atoms with Crippen LogP contribution in [0.5, 0.6) is 0 Å². The first kappa shape index (κ1) is 15.3. The van der Waals surface area contributed by atoms with E-state index in [0.29, 0.717) is 5.03 Å². The Morgan fingerprint density at radius 2 is 1.53 bits per heavy atom. The summed E-state index contributed by atoms with van der Waals surface area (Å²) in [5.74, 6) is 0. The normalized spacial score (nSPS) is 11.1. The lowest BCUT2D eigenvalue weighted by Gasteiger charge is -1.99. The molecule has 0 unspecified atom stereocenters.